The summed E-state index contributed by atoms with van der Waals surface area (Å²) in [5, 5.41) is 9.27. The maximum Gasteiger partial charge on any atom is 0.0638 e. The molecule has 0 bridgehead atoms. The number of fused-ring (bicyclic) bond motifs is 2. The van der Waals surface area contributed by atoms with E-state index in [1.807, 2.05) is 0 Å². The van der Waals surface area contributed by atoms with Crippen LogP contribution >= 0.6 is 0 Å². The van der Waals surface area contributed by atoms with E-state index < -0.39 is 0 Å². The second-order valence-corrected chi connectivity index (χ2v) is 5.44. The molecule has 0 atom stereocenters. The maximum absolute atomic E-state index is 8.37. The van der Waals surface area contributed by atoms with E-state index in [-0.39, 0.29) is 24.0 Å². The minimum absolute atomic E-state index is 0. The third-order valence-electron chi connectivity index (χ3n) is 4.37. The van der Waals surface area contributed by atoms with Crippen LogP contribution in [-0.4, -0.2) is 4.57 Å². The van der Waals surface area contributed by atoms with Gasteiger partial charge < -0.3 is 34.0 Å². The number of nitrogens with one attached hydrogen (secondary N) is 1. The molecule has 0 aromatic carbocycles. The lowest BCUT2D eigenvalue weighted by Gasteiger charge is -2.19. The molecule has 1 N–H and O–H groups in total. The molecular formula is C15H22IN2-. The molecule has 0 saturated carbocycles. The van der Waals surface area contributed by atoms with Crippen LogP contribution in [0.25, 0.3) is 0 Å². The Balaban J connectivity index is 0.00000120. The zero-order chi connectivity index (χ0) is 11.8. The van der Waals surface area contributed by atoms with Crippen molar-refractivity contribution in [2.45, 2.75) is 64.8 Å². The van der Waals surface area contributed by atoms with Crippen LogP contribution in [0.1, 0.15) is 55.1 Å². The van der Waals surface area contributed by atoms with Crippen LogP contribution in [0.5, 0.6) is 0 Å². The molecule has 1 heterocycles. The van der Waals surface area contributed by atoms with E-state index in [4.69, 9.17) is 5.41 Å². The number of pyridine rings is 1. The van der Waals surface area contributed by atoms with Gasteiger partial charge in [0.2, 0.25) is 0 Å². The predicted molar refractivity (Wildman–Crippen MR) is 69.2 cm³/mol. The van der Waals surface area contributed by atoms with Crippen LogP contribution in [0.2, 0.25) is 0 Å². The van der Waals surface area contributed by atoms with Crippen molar-refractivity contribution < 1.29 is 24.0 Å². The van der Waals surface area contributed by atoms with Crippen LogP contribution in [-0.2, 0) is 32.2 Å². The summed E-state index contributed by atoms with van der Waals surface area (Å²) < 4.78 is 2.59. The van der Waals surface area contributed by atoms with Crippen LogP contribution in [0.15, 0.2) is 0 Å². The maximum atomic E-state index is 8.37. The van der Waals surface area contributed by atoms with E-state index in [9.17, 15) is 0 Å². The molecule has 100 valence electrons. The van der Waals surface area contributed by atoms with Gasteiger partial charge in [0.25, 0.3) is 0 Å². The predicted octanol–water partition coefficient (Wildman–Crippen LogP) is -0.251. The van der Waals surface area contributed by atoms with Crippen molar-refractivity contribution in [2.24, 2.45) is 0 Å². The van der Waals surface area contributed by atoms with Gasteiger partial charge in [-0.3, -0.25) is 0 Å². The molecule has 0 amide bonds. The van der Waals surface area contributed by atoms with E-state index >= 15 is 0 Å². The van der Waals surface area contributed by atoms with Gasteiger partial charge in [-0.2, -0.15) is 0 Å². The molecule has 2 nitrogen and oxygen atoms in total. The quantitative estimate of drug-likeness (QED) is 0.723. The molecule has 1 aromatic heterocycles. The monoisotopic (exact) mass is 357 g/mol. The van der Waals surface area contributed by atoms with Gasteiger partial charge in [-0.15, -0.1) is 0 Å². The number of hydrogen-bond donors (Lipinski definition) is 1. The summed E-state index contributed by atoms with van der Waals surface area (Å²) >= 11 is 0. The number of unbranched alkanes of at least 4 members (excludes halogenated alkanes) is 1. The van der Waals surface area contributed by atoms with Crippen LogP contribution < -0.4 is 29.3 Å². The van der Waals surface area contributed by atoms with Gasteiger partial charge in [0.1, 0.15) is 0 Å². The molecule has 2 aliphatic carbocycles. The summed E-state index contributed by atoms with van der Waals surface area (Å²) in [7, 11) is 0. The SMILES string of the molecule is CCCCn1c2c(c(=N)c3c1CCC3)CCC2.[I-]. The summed E-state index contributed by atoms with van der Waals surface area (Å²) in [5.41, 5.74) is 5.76. The molecule has 18 heavy (non-hydrogen) atoms. The highest BCUT2D eigenvalue weighted by Gasteiger charge is 2.24. The summed E-state index contributed by atoms with van der Waals surface area (Å²) in [4.78, 5) is 0. The minimum atomic E-state index is 0. The molecule has 3 heteroatoms. The van der Waals surface area contributed by atoms with Gasteiger partial charge in [-0.1, -0.05) is 13.3 Å². The molecular weight excluding hydrogens is 335 g/mol. The fourth-order valence-electron chi connectivity index (χ4n) is 3.52. The van der Waals surface area contributed by atoms with Crippen LogP contribution in [0.3, 0.4) is 0 Å². The lowest BCUT2D eigenvalue weighted by molar-refractivity contribution is -0.00000385. The first kappa shape index (κ1) is 14.1. The first-order valence-corrected chi connectivity index (χ1v) is 7.13. The average Bonchev–Trinajstić information content (AvgIpc) is 2.97. The molecule has 0 aliphatic heterocycles. The van der Waals surface area contributed by atoms with Gasteiger partial charge in [-0.05, 0) is 56.1 Å². The minimum Gasteiger partial charge on any atom is -1.00 e. The highest BCUT2D eigenvalue weighted by atomic mass is 127. The van der Waals surface area contributed by atoms with Crippen molar-refractivity contribution >= 4 is 0 Å². The second-order valence-electron chi connectivity index (χ2n) is 5.44. The first-order valence-electron chi connectivity index (χ1n) is 7.13. The Kier molecular flexibility index (Phi) is 4.51. The number of hydrogen-bond acceptors (Lipinski definition) is 1. The zero-order valence-electron chi connectivity index (χ0n) is 11.2. The average molecular weight is 357 g/mol. The van der Waals surface area contributed by atoms with E-state index in [1.54, 1.807) is 0 Å². The molecule has 0 saturated heterocycles. The highest BCUT2D eigenvalue weighted by Crippen LogP contribution is 2.27. The Morgan fingerprint density at radius 2 is 1.56 bits per heavy atom. The lowest BCUT2D eigenvalue weighted by Crippen LogP contribution is -3.00. The Labute approximate surface area is 126 Å². The molecule has 0 unspecified atom stereocenters. The number of halogens is 1. The highest BCUT2D eigenvalue weighted by molar-refractivity contribution is 5.36. The van der Waals surface area contributed by atoms with Gasteiger partial charge in [0.15, 0.2) is 0 Å². The Bertz CT molecular complexity index is 464. The molecule has 0 spiro atoms. The summed E-state index contributed by atoms with van der Waals surface area (Å²) in [6, 6.07) is 0. The lowest BCUT2D eigenvalue weighted by atomic mass is 10.1. The molecule has 2 aliphatic rings. The number of aromatic nitrogens is 1. The second kappa shape index (κ2) is 5.76. The van der Waals surface area contributed by atoms with Crippen molar-refractivity contribution in [1.82, 2.24) is 4.57 Å². The number of rotatable bonds is 3. The number of nitrogens with zero attached hydrogens (tertiary/aromatic N) is 1. The fraction of sp³-hybridized carbons (Fsp3) is 0.667. The molecule has 0 radical (unpaired) electrons. The first-order chi connectivity index (χ1) is 8.33. The Morgan fingerprint density at radius 1 is 1.00 bits per heavy atom. The largest absolute Gasteiger partial charge is 1.00 e. The summed E-state index contributed by atoms with van der Waals surface area (Å²) in [5.74, 6) is 0. The topological polar surface area (TPSA) is 28.8 Å². The third kappa shape index (κ3) is 2.15. The van der Waals surface area contributed by atoms with E-state index in [0.717, 1.165) is 18.2 Å². The molecule has 1 aromatic rings. The van der Waals surface area contributed by atoms with Crippen molar-refractivity contribution in [3.63, 3.8) is 0 Å². The van der Waals surface area contributed by atoms with Crippen molar-refractivity contribution in [2.75, 3.05) is 0 Å². The Morgan fingerprint density at radius 3 is 2.06 bits per heavy atom. The van der Waals surface area contributed by atoms with Crippen molar-refractivity contribution in [3.05, 3.63) is 27.9 Å². The van der Waals surface area contributed by atoms with Gasteiger partial charge >= 0.3 is 0 Å². The summed E-state index contributed by atoms with van der Waals surface area (Å²) in [6.07, 6.45) is 9.77. The van der Waals surface area contributed by atoms with E-state index in [1.165, 1.54) is 67.6 Å². The van der Waals surface area contributed by atoms with Crippen LogP contribution in [0, 0.1) is 5.41 Å². The smallest absolute Gasteiger partial charge is 0.0638 e. The fourth-order valence-corrected chi connectivity index (χ4v) is 3.52. The standard InChI is InChI=1S/C15H22N2.HI/c1-2-3-10-17-13-8-4-6-11(13)15(16)12-7-5-9-14(12)17;/h16H,2-10H2,1H3;1H/p-1. The van der Waals surface area contributed by atoms with Gasteiger partial charge in [0.05, 0.1) is 5.36 Å². The van der Waals surface area contributed by atoms with Gasteiger partial charge in [-0.25, -0.2) is 0 Å². The van der Waals surface area contributed by atoms with Gasteiger partial charge in [0, 0.05) is 17.9 Å². The molecule has 0 fully saturated rings. The molecule has 3 rings (SSSR count). The van der Waals surface area contributed by atoms with Crippen molar-refractivity contribution in [1.29, 1.82) is 5.41 Å². The van der Waals surface area contributed by atoms with E-state index in [0.29, 0.717) is 0 Å². The third-order valence-corrected chi connectivity index (χ3v) is 4.37. The zero-order valence-corrected chi connectivity index (χ0v) is 13.3. The van der Waals surface area contributed by atoms with Crippen molar-refractivity contribution in [3.8, 4) is 0 Å². The van der Waals surface area contributed by atoms with E-state index in [2.05, 4.69) is 11.5 Å². The van der Waals surface area contributed by atoms with Crippen LogP contribution in [0.4, 0.5) is 0 Å². The Hall–Kier alpha value is -0.320. The normalized spacial score (nSPS) is 16.3. The summed E-state index contributed by atoms with van der Waals surface area (Å²) in [6.45, 7) is 3.45.